The predicted octanol–water partition coefficient (Wildman–Crippen LogP) is 3.47. The van der Waals surface area contributed by atoms with E-state index in [1.807, 2.05) is 27.7 Å². The minimum absolute atomic E-state index is 0.0231. The van der Waals surface area contributed by atoms with Crippen LogP contribution < -0.4 is 0 Å². The van der Waals surface area contributed by atoms with Gasteiger partial charge in [0.15, 0.2) is 0 Å². The SMILES string of the molecule is C#CC(C)OCC.CCOC(C)C#CC(O)CCCCC(=O)OC.COC(=O)CCCCC=O. The lowest BCUT2D eigenvalue weighted by atomic mass is 10.1. The van der Waals surface area contributed by atoms with Gasteiger partial charge < -0.3 is 28.8 Å². The average molecular weight is 485 g/mol. The van der Waals surface area contributed by atoms with Crippen molar-refractivity contribution in [1.29, 1.82) is 0 Å². The number of carbonyl (C=O) groups is 3. The van der Waals surface area contributed by atoms with Crippen LogP contribution in [0.3, 0.4) is 0 Å². The van der Waals surface area contributed by atoms with Gasteiger partial charge in [0.2, 0.25) is 0 Å². The van der Waals surface area contributed by atoms with Gasteiger partial charge in [0.05, 0.1) is 14.2 Å². The lowest BCUT2D eigenvalue weighted by Gasteiger charge is -2.05. The molecule has 0 aromatic heterocycles. The maximum Gasteiger partial charge on any atom is 0.305 e. The largest absolute Gasteiger partial charge is 0.469 e. The van der Waals surface area contributed by atoms with Crippen LogP contribution in [-0.2, 0) is 33.3 Å². The van der Waals surface area contributed by atoms with Crippen molar-refractivity contribution in [2.45, 2.75) is 97.4 Å². The van der Waals surface area contributed by atoms with E-state index in [0.29, 0.717) is 45.3 Å². The highest BCUT2D eigenvalue weighted by Gasteiger charge is 2.03. The van der Waals surface area contributed by atoms with Crippen LogP contribution in [0.5, 0.6) is 0 Å². The molecule has 0 aliphatic carbocycles. The third-order valence-electron chi connectivity index (χ3n) is 4.04. The summed E-state index contributed by atoms with van der Waals surface area (Å²) in [6.45, 7) is 8.84. The van der Waals surface area contributed by atoms with E-state index in [-0.39, 0.29) is 24.1 Å². The molecule has 0 aromatic rings. The second-order valence-corrected chi connectivity index (χ2v) is 6.98. The van der Waals surface area contributed by atoms with E-state index in [0.717, 1.165) is 25.5 Å². The zero-order valence-electron chi connectivity index (χ0n) is 21.8. The van der Waals surface area contributed by atoms with Crippen LogP contribution in [0.4, 0.5) is 0 Å². The molecule has 0 aromatic carbocycles. The number of ether oxygens (including phenoxy) is 4. The molecule has 0 bridgehead atoms. The Labute approximate surface area is 206 Å². The van der Waals surface area contributed by atoms with E-state index in [4.69, 9.17) is 15.9 Å². The normalized spacial score (nSPS) is 11.9. The maximum atomic E-state index is 10.8. The number of aliphatic hydroxyl groups is 1. The summed E-state index contributed by atoms with van der Waals surface area (Å²) in [7, 11) is 2.74. The van der Waals surface area contributed by atoms with E-state index < -0.39 is 6.10 Å². The minimum atomic E-state index is -0.643. The molecule has 0 radical (unpaired) electrons. The number of terminal acetylenes is 1. The zero-order valence-corrected chi connectivity index (χ0v) is 21.8. The molecule has 3 unspecified atom stereocenters. The number of methoxy groups -OCH3 is 2. The fourth-order valence-corrected chi connectivity index (χ4v) is 2.18. The molecule has 0 spiro atoms. The Balaban J connectivity index is -0.000000477. The second kappa shape index (κ2) is 28.6. The number of rotatable bonds is 14. The molecule has 0 saturated carbocycles. The molecular formula is C26H44O8. The monoisotopic (exact) mass is 484 g/mol. The zero-order chi connectivity index (χ0) is 26.6. The summed E-state index contributed by atoms with van der Waals surface area (Å²) in [6, 6.07) is 0. The number of esters is 2. The summed E-state index contributed by atoms with van der Waals surface area (Å²) >= 11 is 0. The topological polar surface area (TPSA) is 108 Å². The maximum absolute atomic E-state index is 10.8. The Morgan fingerprint density at radius 1 is 0.882 bits per heavy atom. The van der Waals surface area contributed by atoms with Gasteiger partial charge in [-0.3, -0.25) is 9.59 Å². The summed E-state index contributed by atoms with van der Waals surface area (Å²) in [5.74, 6) is 7.59. The number of aliphatic hydroxyl groups excluding tert-OH is 1. The third kappa shape index (κ3) is 31.8. The van der Waals surface area contributed by atoms with E-state index in [2.05, 4.69) is 27.2 Å². The van der Waals surface area contributed by atoms with Crippen LogP contribution in [0.15, 0.2) is 0 Å². The van der Waals surface area contributed by atoms with Gasteiger partial charge in [-0.15, -0.1) is 6.42 Å². The fraction of sp³-hybridized carbons (Fsp3) is 0.731. The van der Waals surface area contributed by atoms with Crippen LogP contribution in [0.25, 0.3) is 0 Å². The molecule has 1 N–H and O–H groups in total. The second-order valence-electron chi connectivity index (χ2n) is 6.98. The number of carbonyl (C=O) groups excluding carboxylic acids is 3. The summed E-state index contributed by atoms with van der Waals surface area (Å²) in [6.07, 6.45) is 9.94. The van der Waals surface area contributed by atoms with Crippen molar-refractivity contribution in [3.05, 3.63) is 0 Å². The highest BCUT2D eigenvalue weighted by Crippen LogP contribution is 2.04. The molecule has 0 rings (SSSR count). The molecule has 0 saturated heterocycles. The van der Waals surface area contributed by atoms with Gasteiger partial charge in [0.1, 0.15) is 24.6 Å². The number of unbranched alkanes of at least 4 members (excludes halogenated alkanes) is 3. The summed E-state index contributed by atoms with van der Waals surface area (Å²) < 4.78 is 19.1. The highest BCUT2D eigenvalue weighted by molar-refractivity contribution is 5.69. The van der Waals surface area contributed by atoms with Gasteiger partial charge in [-0.2, -0.15) is 0 Å². The molecule has 0 amide bonds. The quantitative estimate of drug-likeness (QED) is 0.173. The van der Waals surface area contributed by atoms with Gasteiger partial charge in [0.25, 0.3) is 0 Å². The number of aldehydes is 1. The van der Waals surface area contributed by atoms with Gasteiger partial charge >= 0.3 is 11.9 Å². The van der Waals surface area contributed by atoms with Crippen molar-refractivity contribution < 1.29 is 38.4 Å². The smallest absolute Gasteiger partial charge is 0.305 e. The lowest BCUT2D eigenvalue weighted by Crippen LogP contribution is -2.08. The molecule has 196 valence electrons. The first-order valence-corrected chi connectivity index (χ1v) is 11.7. The molecule has 34 heavy (non-hydrogen) atoms. The van der Waals surface area contributed by atoms with Crippen LogP contribution >= 0.6 is 0 Å². The average Bonchev–Trinajstić information content (AvgIpc) is 2.83. The standard InChI is InChI=1S/C13H22O4.C7H12O3.C6H10O/c1-4-17-11(2)9-10-12(14)7-5-6-8-13(15)16-3;1-10-7(9)5-3-2-4-6-8;1-4-6(3)7-5-2/h11-12,14H,4-8H2,1-3H3;6H,2-5H2,1H3;1,6H,5H2,2-3H3. The Morgan fingerprint density at radius 3 is 1.79 bits per heavy atom. The molecule has 0 aliphatic heterocycles. The third-order valence-corrected chi connectivity index (χ3v) is 4.04. The Hall–Kier alpha value is -2.39. The molecule has 0 heterocycles. The minimum Gasteiger partial charge on any atom is -0.469 e. The molecular weight excluding hydrogens is 440 g/mol. The van der Waals surface area contributed by atoms with Gasteiger partial charge in [-0.25, -0.2) is 0 Å². The molecule has 0 aliphatic rings. The molecule has 8 heteroatoms. The Bertz CT molecular complexity index is 600. The van der Waals surface area contributed by atoms with Crippen molar-refractivity contribution in [2.75, 3.05) is 27.4 Å². The first kappa shape index (κ1) is 36.2. The number of hydrogen-bond donors (Lipinski definition) is 1. The molecule has 3 atom stereocenters. The predicted molar refractivity (Wildman–Crippen MR) is 132 cm³/mol. The van der Waals surface area contributed by atoms with Crippen LogP contribution in [0.2, 0.25) is 0 Å². The van der Waals surface area contributed by atoms with Crippen LogP contribution in [0, 0.1) is 24.2 Å². The number of hydrogen-bond acceptors (Lipinski definition) is 8. The van der Waals surface area contributed by atoms with Crippen LogP contribution in [0.1, 0.15) is 79.1 Å². The van der Waals surface area contributed by atoms with Gasteiger partial charge in [0, 0.05) is 32.5 Å². The van der Waals surface area contributed by atoms with Crippen molar-refractivity contribution in [2.24, 2.45) is 0 Å². The fourth-order valence-electron chi connectivity index (χ4n) is 2.18. The van der Waals surface area contributed by atoms with Crippen molar-refractivity contribution >= 4 is 18.2 Å². The Kier molecular flexibility index (Phi) is 30.5. The molecule has 8 nitrogen and oxygen atoms in total. The van der Waals surface area contributed by atoms with E-state index in [1.165, 1.54) is 14.2 Å². The first-order chi connectivity index (χ1) is 16.2. The van der Waals surface area contributed by atoms with Crippen molar-refractivity contribution in [3.8, 4) is 24.2 Å². The van der Waals surface area contributed by atoms with Crippen molar-refractivity contribution in [1.82, 2.24) is 0 Å². The van der Waals surface area contributed by atoms with Gasteiger partial charge in [-0.05, 0) is 59.8 Å². The van der Waals surface area contributed by atoms with Crippen LogP contribution in [-0.4, -0.2) is 69.1 Å². The summed E-state index contributed by atoms with van der Waals surface area (Å²) in [5, 5.41) is 9.54. The summed E-state index contributed by atoms with van der Waals surface area (Å²) in [5.41, 5.74) is 0. The van der Waals surface area contributed by atoms with E-state index in [1.54, 1.807) is 0 Å². The summed E-state index contributed by atoms with van der Waals surface area (Å²) in [4.78, 5) is 31.1. The first-order valence-electron chi connectivity index (χ1n) is 11.7. The van der Waals surface area contributed by atoms with Crippen molar-refractivity contribution in [3.63, 3.8) is 0 Å². The Morgan fingerprint density at radius 2 is 1.38 bits per heavy atom. The van der Waals surface area contributed by atoms with E-state index in [9.17, 15) is 19.5 Å². The van der Waals surface area contributed by atoms with Gasteiger partial charge in [-0.1, -0.05) is 17.8 Å². The highest BCUT2D eigenvalue weighted by atomic mass is 16.5. The lowest BCUT2D eigenvalue weighted by molar-refractivity contribution is -0.141. The van der Waals surface area contributed by atoms with E-state index >= 15 is 0 Å². The molecule has 0 fully saturated rings.